The zero-order valence-corrected chi connectivity index (χ0v) is 9.52. The molecule has 6 nitrogen and oxygen atoms in total. The van der Waals surface area contributed by atoms with Crippen LogP contribution in [-0.4, -0.2) is 35.2 Å². The third kappa shape index (κ3) is 4.29. The number of carbonyl (C=O) groups is 3. The summed E-state index contributed by atoms with van der Waals surface area (Å²) < 4.78 is 4.52. The summed E-state index contributed by atoms with van der Waals surface area (Å²) in [6, 6.07) is 0. The van der Waals surface area contributed by atoms with Gasteiger partial charge >= 0.3 is 17.9 Å². The molecule has 92 valence electrons. The molecule has 0 aliphatic heterocycles. The van der Waals surface area contributed by atoms with E-state index in [1.54, 1.807) is 0 Å². The fourth-order valence-electron chi connectivity index (χ4n) is 1.43. The van der Waals surface area contributed by atoms with Crippen LogP contribution < -0.4 is 0 Å². The molecule has 0 heterocycles. The van der Waals surface area contributed by atoms with E-state index in [0.29, 0.717) is 0 Å². The molecule has 2 N–H and O–H groups in total. The maximum Gasteiger partial charge on any atom is 0.311 e. The average Bonchev–Trinajstić information content (AvgIpc) is 2.14. The Morgan fingerprint density at radius 3 is 2.06 bits per heavy atom. The summed E-state index contributed by atoms with van der Waals surface area (Å²) in [6.07, 6.45) is -0.572. The Morgan fingerprint density at radius 2 is 1.75 bits per heavy atom. The highest BCUT2D eigenvalue weighted by molar-refractivity contribution is 5.80. The standard InChI is InChI=1S/C10H16O6/c1-10(2,9(15)16-3)5-6(8(13)14)4-7(11)12/h6H,4-5H2,1-3H3,(H,11,12)(H,13,14). The second-order valence-corrected chi connectivity index (χ2v) is 4.21. The number of carboxylic acids is 2. The predicted molar refractivity (Wildman–Crippen MR) is 53.8 cm³/mol. The van der Waals surface area contributed by atoms with Crippen molar-refractivity contribution in [3.8, 4) is 0 Å². The van der Waals surface area contributed by atoms with Crippen molar-refractivity contribution in [3.63, 3.8) is 0 Å². The monoisotopic (exact) mass is 232 g/mol. The van der Waals surface area contributed by atoms with Crippen molar-refractivity contribution in [2.45, 2.75) is 26.7 Å². The molecule has 0 saturated heterocycles. The molecule has 0 rings (SSSR count). The Balaban J connectivity index is 4.68. The third-order valence-electron chi connectivity index (χ3n) is 2.26. The van der Waals surface area contributed by atoms with Gasteiger partial charge in [-0.1, -0.05) is 0 Å². The van der Waals surface area contributed by atoms with Crippen molar-refractivity contribution < 1.29 is 29.3 Å². The van der Waals surface area contributed by atoms with E-state index in [2.05, 4.69) is 4.74 Å². The fourth-order valence-corrected chi connectivity index (χ4v) is 1.43. The van der Waals surface area contributed by atoms with Gasteiger partial charge in [0.25, 0.3) is 0 Å². The van der Waals surface area contributed by atoms with Gasteiger partial charge in [0, 0.05) is 0 Å². The van der Waals surface area contributed by atoms with Gasteiger partial charge in [-0.2, -0.15) is 0 Å². The van der Waals surface area contributed by atoms with Crippen LogP contribution in [-0.2, 0) is 19.1 Å². The number of hydrogen-bond donors (Lipinski definition) is 2. The van der Waals surface area contributed by atoms with Gasteiger partial charge in [0.05, 0.1) is 24.9 Å². The lowest BCUT2D eigenvalue weighted by atomic mass is 9.81. The highest BCUT2D eigenvalue weighted by atomic mass is 16.5. The van der Waals surface area contributed by atoms with Crippen LogP contribution in [0.3, 0.4) is 0 Å². The smallest absolute Gasteiger partial charge is 0.311 e. The summed E-state index contributed by atoms with van der Waals surface area (Å²) in [6.45, 7) is 3.05. The second kappa shape index (κ2) is 5.48. The molecule has 0 aromatic heterocycles. The summed E-state index contributed by atoms with van der Waals surface area (Å²) in [5.41, 5.74) is -1.01. The Bertz CT molecular complexity index is 294. The summed E-state index contributed by atoms with van der Waals surface area (Å²) in [5.74, 6) is -4.07. The lowest BCUT2D eigenvalue weighted by molar-refractivity contribution is -0.156. The number of carbonyl (C=O) groups excluding carboxylic acids is 1. The van der Waals surface area contributed by atoms with E-state index in [-0.39, 0.29) is 6.42 Å². The minimum atomic E-state index is -1.22. The van der Waals surface area contributed by atoms with Crippen molar-refractivity contribution in [1.82, 2.24) is 0 Å². The minimum Gasteiger partial charge on any atom is -0.481 e. The first kappa shape index (κ1) is 14.4. The van der Waals surface area contributed by atoms with Crippen LogP contribution in [0.1, 0.15) is 26.7 Å². The van der Waals surface area contributed by atoms with E-state index in [0.717, 1.165) is 0 Å². The normalized spacial score (nSPS) is 12.9. The molecule has 0 amide bonds. The minimum absolute atomic E-state index is 0.0681. The highest BCUT2D eigenvalue weighted by Gasteiger charge is 2.35. The number of carboxylic acid groups (broad SMARTS) is 2. The van der Waals surface area contributed by atoms with Crippen LogP contribution in [0.5, 0.6) is 0 Å². The fraction of sp³-hybridized carbons (Fsp3) is 0.700. The lowest BCUT2D eigenvalue weighted by Crippen LogP contribution is -2.32. The number of ether oxygens (including phenoxy) is 1. The molecule has 6 heteroatoms. The Labute approximate surface area is 93.2 Å². The molecule has 0 aromatic rings. The van der Waals surface area contributed by atoms with Gasteiger partial charge < -0.3 is 14.9 Å². The summed E-state index contributed by atoms with van der Waals surface area (Å²) in [5, 5.41) is 17.4. The molecular weight excluding hydrogens is 216 g/mol. The van der Waals surface area contributed by atoms with Gasteiger partial charge in [-0.05, 0) is 20.3 Å². The quantitative estimate of drug-likeness (QED) is 0.655. The molecule has 0 bridgehead atoms. The molecule has 0 radical (unpaired) electrons. The van der Waals surface area contributed by atoms with Crippen LogP contribution in [0.15, 0.2) is 0 Å². The Morgan fingerprint density at radius 1 is 1.25 bits per heavy atom. The summed E-state index contributed by atoms with van der Waals surface area (Å²) in [7, 11) is 1.21. The topological polar surface area (TPSA) is 101 Å². The van der Waals surface area contributed by atoms with Crippen LogP contribution in [0, 0.1) is 11.3 Å². The van der Waals surface area contributed by atoms with Gasteiger partial charge in [0.15, 0.2) is 0 Å². The lowest BCUT2D eigenvalue weighted by Gasteiger charge is -2.24. The van der Waals surface area contributed by atoms with Crippen LogP contribution in [0.2, 0.25) is 0 Å². The van der Waals surface area contributed by atoms with Crippen LogP contribution >= 0.6 is 0 Å². The van der Waals surface area contributed by atoms with Gasteiger partial charge in [-0.25, -0.2) is 0 Å². The molecule has 1 atom stereocenters. The first-order chi connectivity index (χ1) is 7.20. The molecule has 0 fully saturated rings. The van der Waals surface area contributed by atoms with E-state index in [4.69, 9.17) is 10.2 Å². The first-order valence-electron chi connectivity index (χ1n) is 4.73. The Hall–Kier alpha value is -1.59. The number of hydrogen-bond acceptors (Lipinski definition) is 4. The molecule has 0 aliphatic carbocycles. The number of esters is 1. The van der Waals surface area contributed by atoms with E-state index < -0.39 is 35.7 Å². The van der Waals surface area contributed by atoms with Gasteiger partial charge in [0.1, 0.15) is 0 Å². The zero-order valence-electron chi connectivity index (χ0n) is 9.52. The maximum atomic E-state index is 11.3. The molecular formula is C10H16O6. The molecule has 16 heavy (non-hydrogen) atoms. The van der Waals surface area contributed by atoms with Crippen LogP contribution in [0.25, 0.3) is 0 Å². The van der Waals surface area contributed by atoms with Crippen LogP contribution in [0.4, 0.5) is 0 Å². The molecule has 1 unspecified atom stereocenters. The van der Waals surface area contributed by atoms with E-state index in [1.807, 2.05) is 0 Å². The number of aliphatic carboxylic acids is 2. The van der Waals surface area contributed by atoms with Crippen molar-refractivity contribution in [2.24, 2.45) is 11.3 Å². The molecule has 0 saturated carbocycles. The first-order valence-corrected chi connectivity index (χ1v) is 4.73. The largest absolute Gasteiger partial charge is 0.481 e. The molecule has 0 aromatic carbocycles. The summed E-state index contributed by atoms with van der Waals surface area (Å²) in [4.78, 5) is 32.6. The predicted octanol–water partition coefficient (Wildman–Crippen LogP) is 0.751. The van der Waals surface area contributed by atoms with Crippen molar-refractivity contribution in [2.75, 3.05) is 7.11 Å². The van der Waals surface area contributed by atoms with Gasteiger partial charge in [-0.15, -0.1) is 0 Å². The molecule has 0 spiro atoms. The average molecular weight is 232 g/mol. The molecule has 0 aliphatic rings. The van der Waals surface area contributed by atoms with Gasteiger partial charge in [0.2, 0.25) is 0 Å². The van der Waals surface area contributed by atoms with E-state index in [1.165, 1.54) is 21.0 Å². The van der Waals surface area contributed by atoms with Gasteiger partial charge in [-0.3, -0.25) is 14.4 Å². The Kier molecular flexibility index (Phi) is 4.94. The zero-order chi connectivity index (χ0) is 12.9. The van der Waals surface area contributed by atoms with Crippen molar-refractivity contribution >= 4 is 17.9 Å². The SMILES string of the molecule is COC(=O)C(C)(C)CC(CC(=O)O)C(=O)O. The van der Waals surface area contributed by atoms with Crippen molar-refractivity contribution in [3.05, 3.63) is 0 Å². The summed E-state index contributed by atoms with van der Waals surface area (Å²) >= 11 is 0. The second-order valence-electron chi connectivity index (χ2n) is 4.21. The van der Waals surface area contributed by atoms with E-state index >= 15 is 0 Å². The highest BCUT2D eigenvalue weighted by Crippen LogP contribution is 2.28. The maximum absolute atomic E-state index is 11.3. The van der Waals surface area contributed by atoms with Crippen molar-refractivity contribution in [1.29, 1.82) is 0 Å². The number of methoxy groups -OCH3 is 1. The third-order valence-corrected chi connectivity index (χ3v) is 2.26. The number of rotatable bonds is 6. The van der Waals surface area contributed by atoms with E-state index in [9.17, 15) is 14.4 Å².